The van der Waals surface area contributed by atoms with Crippen molar-refractivity contribution in [2.45, 2.75) is 46.2 Å². The zero-order valence-electron chi connectivity index (χ0n) is 18.3. The van der Waals surface area contributed by atoms with Crippen LogP contribution in [-0.2, 0) is 41.6 Å². The Morgan fingerprint density at radius 1 is 1.25 bits per heavy atom. The number of rotatable bonds is 3. The number of amides is 1. The third kappa shape index (κ3) is 5.33. The number of anilines is 1. The molecular weight excluding hydrogens is 408 g/mol. The maximum Gasteiger partial charge on any atom is 0.243 e. The molecule has 0 spiro atoms. The van der Waals surface area contributed by atoms with Crippen molar-refractivity contribution in [3.05, 3.63) is 30.0 Å². The minimum absolute atomic E-state index is 0. The van der Waals surface area contributed by atoms with Gasteiger partial charge in [0.05, 0.1) is 18.2 Å². The summed E-state index contributed by atoms with van der Waals surface area (Å²) in [5, 5.41) is 4.44. The molecule has 1 aliphatic heterocycles. The number of hydrogen-bond donors (Lipinski definition) is 1. The van der Waals surface area contributed by atoms with E-state index in [-0.39, 0.29) is 52.4 Å². The molecule has 1 N–H and O–H groups in total. The van der Waals surface area contributed by atoms with Crippen LogP contribution in [0.4, 0.5) is 5.69 Å². The van der Waals surface area contributed by atoms with Gasteiger partial charge in [0, 0.05) is 57.0 Å². The van der Waals surface area contributed by atoms with Crippen LogP contribution in [0.3, 0.4) is 0 Å². The van der Waals surface area contributed by atoms with E-state index in [9.17, 15) is 4.79 Å². The summed E-state index contributed by atoms with van der Waals surface area (Å²) in [6.07, 6.45) is 2.94. The first-order chi connectivity index (χ1) is 12.4. The molecule has 28 heavy (non-hydrogen) atoms. The van der Waals surface area contributed by atoms with E-state index in [0.29, 0.717) is 6.61 Å². The van der Waals surface area contributed by atoms with E-state index < -0.39 is 0 Å². The zero-order valence-corrected chi connectivity index (χ0v) is 21.1. The Bertz CT molecular complexity index is 763. The second-order valence-corrected chi connectivity index (χ2v) is 7.10. The van der Waals surface area contributed by atoms with Gasteiger partial charge in [-0.2, -0.15) is 9.90 Å². The molecule has 7 heteroatoms. The number of carbonyl (C=O) groups is 1. The molecule has 1 aromatic carbocycles. The normalized spacial score (nSPS) is 18.7. The predicted molar refractivity (Wildman–Crippen MR) is 120 cm³/mol. The zero-order chi connectivity index (χ0) is 19.4. The van der Waals surface area contributed by atoms with Crippen LogP contribution in [0.25, 0.3) is 10.9 Å². The fourth-order valence-electron chi connectivity index (χ4n) is 3.95. The SMILES string of the molecule is CC.COCC1Cc2cn(C)c3cccc(c23)N(C)[C@@H](C(C)C)C(=O)N1.P.[V]. The second kappa shape index (κ2) is 11.9. The van der Waals surface area contributed by atoms with Crippen molar-refractivity contribution < 1.29 is 28.1 Å². The summed E-state index contributed by atoms with van der Waals surface area (Å²) < 4.78 is 7.51. The maximum atomic E-state index is 12.9. The number of methoxy groups -OCH3 is 1. The first kappa shape index (κ1) is 27.0. The Kier molecular flexibility index (Phi) is 11.5. The van der Waals surface area contributed by atoms with Crippen LogP contribution < -0.4 is 10.2 Å². The van der Waals surface area contributed by atoms with Crippen LogP contribution in [0.1, 0.15) is 33.3 Å². The van der Waals surface area contributed by atoms with E-state index in [1.165, 1.54) is 16.5 Å². The largest absolute Gasteiger partial charge is 0.383 e. The molecule has 1 aromatic heterocycles. The van der Waals surface area contributed by atoms with Crippen LogP contribution >= 0.6 is 9.90 Å². The Morgan fingerprint density at radius 2 is 1.89 bits per heavy atom. The van der Waals surface area contributed by atoms with Gasteiger partial charge in [0.25, 0.3) is 0 Å². The van der Waals surface area contributed by atoms with Crippen molar-refractivity contribution in [3.8, 4) is 0 Å². The summed E-state index contributed by atoms with van der Waals surface area (Å²) >= 11 is 0. The smallest absolute Gasteiger partial charge is 0.243 e. The molecule has 5 nitrogen and oxygen atoms in total. The van der Waals surface area contributed by atoms with E-state index in [1.807, 2.05) is 20.9 Å². The number of nitrogens with one attached hydrogen (secondary N) is 1. The standard InChI is InChI=1S/C19H27N3O2.C2H6.H3P.V/c1-12(2)18-19(23)20-14(11-24-5)9-13-10-21(3)15-7-6-8-16(17(13)15)22(18)4;1-2;;/h6-8,10,12,14,18H,9,11H2,1-5H3,(H,20,23);1-2H3;1H3;/t14?,18-;;;/m0.../s1. The minimum atomic E-state index is -0.207. The van der Waals surface area contributed by atoms with Crippen LogP contribution in [0, 0.1) is 5.92 Å². The number of benzene rings is 1. The van der Waals surface area contributed by atoms with Gasteiger partial charge in [-0.1, -0.05) is 33.8 Å². The molecule has 2 unspecified atom stereocenters. The van der Waals surface area contributed by atoms with Crippen LogP contribution in [0.2, 0.25) is 0 Å². The molecule has 3 atom stereocenters. The van der Waals surface area contributed by atoms with E-state index >= 15 is 0 Å². The Morgan fingerprint density at radius 3 is 2.46 bits per heavy atom. The van der Waals surface area contributed by atoms with Gasteiger partial charge in [-0.3, -0.25) is 4.79 Å². The van der Waals surface area contributed by atoms with Crippen molar-refractivity contribution in [3.63, 3.8) is 0 Å². The molecule has 0 fully saturated rings. The van der Waals surface area contributed by atoms with Gasteiger partial charge >= 0.3 is 0 Å². The predicted octanol–water partition coefficient (Wildman–Crippen LogP) is 3.41. The number of nitrogens with zero attached hydrogens (tertiary/aromatic N) is 2. The number of carbonyl (C=O) groups excluding carboxylic acids is 1. The topological polar surface area (TPSA) is 46.5 Å². The average molecular weight is 444 g/mol. The third-order valence-corrected chi connectivity index (χ3v) is 4.95. The quantitative estimate of drug-likeness (QED) is 0.739. The number of hydrogen-bond acceptors (Lipinski definition) is 3. The van der Waals surface area contributed by atoms with Crippen molar-refractivity contribution in [2.24, 2.45) is 13.0 Å². The van der Waals surface area contributed by atoms with Gasteiger partial charge in [-0.15, -0.1) is 0 Å². The number of aryl methyl sites for hydroxylation is 1. The molecule has 2 heterocycles. The van der Waals surface area contributed by atoms with Gasteiger partial charge < -0.3 is 19.5 Å². The van der Waals surface area contributed by atoms with Gasteiger partial charge in [-0.25, -0.2) is 0 Å². The Hall–Kier alpha value is -0.996. The van der Waals surface area contributed by atoms with E-state index in [4.69, 9.17) is 4.74 Å². The van der Waals surface area contributed by atoms with Gasteiger partial charge in [0.2, 0.25) is 5.91 Å². The van der Waals surface area contributed by atoms with E-state index in [2.05, 4.69) is 60.1 Å². The summed E-state index contributed by atoms with van der Waals surface area (Å²) in [6.45, 7) is 8.70. The van der Waals surface area contributed by atoms with E-state index in [1.54, 1.807) is 7.11 Å². The first-order valence-electron chi connectivity index (χ1n) is 9.53. The second-order valence-electron chi connectivity index (χ2n) is 7.10. The molecular formula is C21H36N3O2PV. The molecule has 0 saturated heterocycles. The molecule has 0 saturated carbocycles. The molecule has 1 aliphatic rings. The third-order valence-electron chi connectivity index (χ3n) is 4.95. The summed E-state index contributed by atoms with van der Waals surface area (Å²) in [5.74, 6) is 0.278. The van der Waals surface area contributed by atoms with Crippen molar-refractivity contribution in [2.75, 3.05) is 25.7 Å². The molecule has 0 bridgehead atoms. The minimum Gasteiger partial charge on any atom is -0.383 e. The number of likely N-dealkylation sites (N-methyl/N-ethyl adjacent to an activating group) is 1. The van der Waals surface area contributed by atoms with Crippen molar-refractivity contribution >= 4 is 32.4 Å². The number of aromatic nitrogens is 1. The monoisotopic (exact) mass is 444 g/mol. The maximum absolute atomic E-state index is 12.9. The van der Waals surface area contributed by atoms with Gasteiger partial charge in [-0.05, 0) is 30.0 Å². The summed E-state index contributed by atoms with van der Waals surface area (Å²) in [6, 6.07) is 6.09. The molecule has 2 aromatic rings. The molecule has 0 aliphatic carbocycles. The van der Waals surface area contributed by atoms with Crippen LogP contribution in [0.15, 0.2) is 24.4 Å². The fourth-order valence-corrected chi connectivity index (χ4v) is 3.95. The number of ether oxygens (including phenoxy) is 1. The summed E-state index contributed by atoms with van der Waals surface area (Å²) in [5.41, 5.74) is 3.57. The molecule has 3 rings (SSSR count). The first-order valence-corrected chi connectivity index (χ1v) is 9.53. The van der Waals surface area contributed by atoms with Crippen molar-refractivity contribution in [1.29, 1.82) is 0 Å². The summed E-state index contributed by atoms with van der Waals surface area (Å²) in [7, 11) is 5.77. The Balaban J connectivity index is 0.00000177. The average Bonchev–Trinajstić information content (AvgIpc) is 2.93. The Labute approximate surface area is 185 Å². The molecule has 1 radical (unpaired) electrons. The van der Waals surface area contributed by atoms with E-state index in [0.717, 1.165) is 12.1 Å². The van der Waals surface area contributed by atoms with Crippen LogP contribution in [0.5, 0.6) is 0 Å². The summed E-state index contributed by atoms with van der Waals surface area (Å²) in [4.78, 5) is 15.0. The van der Waals surface area contributed by atoms with Crippen molar-refractivity contribution in [1.82, 2.24) is 9.88 Å². The van der Waals surface area contributed by atoms with Gasteiger partial charge in [0.15, 0.2) is 0 Å². The molecule has 157 valence electrons. The molecule has 1 amide bonds. The van der Waals surface area contributed by atoms with Crippen LogP contribution in [-0.4, -0.2) is 43.3 Å². The van der Waals surface area contributed by atoms with Gasteiger partial charge in [0.1, 0.15) is 6.04 Å². The fraction of sp³-hybridized carbons (Fsp3) is 0.571.